The highest BCUT2D eigenvalue weighted by Crippen LogP contribution is 2.24. The zero-order valence-electron chi connectivity index (χ0n) is 9.82. The first kappa shape index (κ1) is 12.1. The highest BCUT2D eigenvalue weighted by molar-refractivity contribution is 14.1. The molecule has 1 aliphatic heterocycles. The molecule has 0 aliphatic carbocycles. The molecule has 0 saturated carbocycles. The predicted molar refractivity (Wildman–Crippen MR) is 78.5 cm³/mol. The summed E-state index contributed by atoms with van der Waals surface area (Å²) in [6.45, 7) is 2.59. The van der Waals surface area contributed by atoms with E-state index in [1.165, 1.54) is 40.5 Å². The van der Waals surface area contributed by atoms with Crippen LogP contribution in [-0.2, 0) is 0 Å². The van der Waals surface area contributed by atoms with Crippen LogP contribution in [0.2, 0.25) is 0 Å². The monoisotopic (exact) mass is 328 g/mol. The molecule has 86 valence electrons. The van der Waals surface area contributed by atoms with E-state index in [0.29, 0.717) is 0 Å². The van der Waals surface area contributed by atoms with Crippen molar-refractivity contribution in [3.05, 3.63) is 41.5 Å². The molecule has 0 aromatic heterocycles. The fraction of sp³-hybridized carbons (Fsp3) is 0.429. The Balaban J connectivity index is 2.02. The summed E-state index contributed by atoms with van der Waals surface area (Å²) >= 11 is 2.51. The molecule has 0 spiro atoms. The lowest BCUT2D eigenvalue weighted by Crippen LogP contribution is -2.47. The Hall–Kier alpha value is -0.350. The van der Waals surface area contributed by atoms with Crippen LogP contribution in [-0.4, -0.2) is 29.2 Å². The van der Waals surface area contributed by atoms with Gasteiger partial charge in [0, 0.05) is 12.8 Å². The summed E-state index contributed by atoms with van der Waals surface area (Å²) in [6, 6.07) is 10.7. The summed E-state index contributed by atoms with van der Waals surface area (Å²) in [6.07, 6.45) is 4.89. The summed E-state index contributed by atoms with van der Waals surface area (Å²) in [7, 11) is 2.37. The highest BCUT2D eigenvalue weighted by Gasteiger charge is 2.25. The maximum absolute atomic E-state index is 2.51. The van der Waals surface area contributed by atoms with Gasteiger partial charge in [-0.05, 0) is 28.2 Å². The van der Waals surface area contributed by atoms with E-state index in [0.717, 1.165) is 0 Å². The van der Waals surface area contributed by atoms with Gasteiger partial charge < -0.3 is 4.48 Å². The molecule has 2 rings (SSSR count). The van der Waals surface area contributed by atoms with Crippen molar-refractivity contribution >= 4 is 28.7 Å². The van der Waals surface area contributed by atoms with Crippen molar-refractivity contribution in [1.29, 1.82) is 0 Å². The molecule has 1 aliphatic rings. The second-order valence-corrected chi connectivity index (χ2v) is 5.58. The van der Waals surface area contributed by atoms with Gasteiger partial charge in [-0.1, -0.05) is 42.0 Å². The molecule has 1 heterocycles. The van der Waals surface area contributed by atoms with E-state index >= 15 is 0 Å². The molecule has 0 atom stereocenters. The van der Waals surface area contributed by atoms with Gasteiger partial charge in [0.25, 0.3) is 0 Å². The quantitative estimate of drug-likeness (QED) is 0.336. The lowest BCUT2D eigenvalue weighted by molar-refractivity contribution is -0.896. The zero-order valence-corrected chi connectivity index (χ0v) is 12.0. The third kappa shape index (κ3) is 3.08. The largest absolute Gasteiger partial charge is 0.317 e. The molecule has 1 nitrogen and oxygen atoms in total. The van der Waals surface area contributed by atoms with Gasteiger partial charge in [0.1, 0.15) is 4.55 Å². The van der Waals surface area contributed by atoms with E-state index in [4.69, 9.17) is 0 Å². The third-order valence-corrected chi connectivity index (χ3v) is 5.05. The van der Waals surface area contributed by atoms with Crippen molar-refractivity contribution in [2.75, 3.05) is 24.7 Å². The Bertz CT molecular complexity index is 360. The van der Waals surface area contributed by atoms with Gasteiger partial charge in [-0.25, -0.2) is 0 Å². The van der Waals surface area contributed by atoms with Crippen LogP contribution < -0.4 is 0 Å². The summed E-state index contributed by atoms with van der Waals surface area (Å²) in [5.41, 5.74) is 2.97. The zero-order chi connectivity index (χ0) is 11.4. The summed E-state index contributed by atoms with van der Waals surface area (Å²) in [4.78, 5) is 0. The summed E-state index contributed by atoms with van der Waals surface area (Å²) in [5.74, 6) is 0. The average molecular weight is 328 g/mol. The number of likely N-dealkylation sites (tertiary alicyclic amines) is 1. The van der Waals surface area contributed by atoms with Crippen LogP contribution >= 0.6 is 22.6 Å². The number of alkyl halides is 1. The van der Waals surface area contributed by atoms with E-state index < -0.39 is 0 Å². The third-order valence-electron chi connectivity index (χ3n) is 3.40. The maximum Gasteiger partial charge on any atom is 0.129 e. The predicted octanol–water partition coefficient (Wildman–Crippen LogP) is 3.70. The van der Waals surface area contributed by atoms with Crippen LogP contribution in [0.1, 0.15) is 18.4 Å². The molecule has 2 heteroatoms. The van der Waals surface area contributed by atoms with E-state index in [9.17, 15) is 0 Å². The Labute approximate surface area is 112 Å². The number of benzene rings is 1. The number of hydrogen-bond donors (Lipinski definition) is 0. The second kappa shape index (κ2) is 5.32. The molecule has 1 saturated heterocycles. The van der Waals surface area contributed by atoms with Crippen molar-refractivity contribution in [3.8, 4) is 0 Å². The number of halogens is 1. The van der Waals surface area contributed by atoms with Crippen molar-refractivity contribution in [2.24, 2.45) is 0 Å². The number of nitrogens with zero attached hydrogens (tertiary/aromatic N) is 1. The Kier molecular flexibility index (Phi) is 4.03. The van der Waals surface area contributed by atoms with Gasteiger partial charge in [-0.15, -0.1) is 0 Å². The number of rotatable bonds is 2. The minimum Gasteiger partial charge on any atom is -0.317 e. The van der Waals surface area contributed by atoms with Crippen molar-refractivity contribution in [2.45, 2.75) is 12.8 Å². The molecular formula is C14H19IN+. The molecule has 0 unspecified atom stereocenters. The molecular weight excluding hydrogens is 309 g/mol. The lowest BCUT2D eigenvalue weighted by atomic mass is 10.00. The number of piperidine rings is 1. The normalized spacial score (nSPS) is 25.5. The fourth-order valence-electron chi connectivity index (χ4n) is 2.11. The summed E-state index contributed by atoms with van der Waals surface area (Å²) in [5, 5.41) is 0. The van der Waals surface area contributed by atoms with Crippen LogP contribution in [0.4, 0.5) is 0 Å². The Morgan fingerprint density at radius 3 is 2.38 bits per heavy atom. The second-order valence-electron chi connectivity index (χ2n) is 4.90. The lowest BCUT2D eigenvalue weighted by Gasteiger charge is -2.37. The van der Waals surface area contributed by atoms with Crippen LogP contribution in [0.5, 0.6) is 0 Å². The molecule has 1 fully saturated rings. The van der Waals surface area contributed by atoms with E-state index in [1.54, 1.807) is 5.57 Å². The standard InChI is InChI=1S/C14H19IN/c1-16(12-15)9-7-14(8-10-16)11-13-5-3-2-4-6-13/h2-6,11H,7-10,12H2,1H3/q+1. The number of quaternary nitrogens is 1. The molecule has 0 bridgehead atoms. The van der Waals surface area contributed by atoms with Gasteiger partial charge in [-0.3, -0.25) is 0 Å². The SMILES string of the molecule is C[N+]1(CI)CCC(=Cc2ccccc2)CC1. The van der Waals surface area contributed by atoms with Gasteiger partial charge in [-0.2, -0.15) is 0 Å². The maximum atomic E-state index is 2.51. The molecule has 1 aromatic carbocycles. The molecule has 1 aromatic rings. The van der Waals surface area contributed by atoms with E-state index in [1.807, 2.05) is 0 Å². The van der Waals surface area contributed by atoms with Crippen LogP contribution in [0.25, 0.3) is 6.08 Å². The molecule has 16 heavy (non-hydrogen) atoms. The van der Waals surface area contributed by atoms with E-state index in [-0.39, 0.29) is 0 Å². The Morgan fingerprint density at radius 1 is 1.19 bits per heavy atom. The van der Waals surface area contributed by atoms with Crippen LogP contribution in [0.15, 0.2) is 35.9 Å². The first-order chi connectivity index (χ1) is 7.72. The minimum absolute atomic E-state index is 1.23. The van der Waals surface area contributed by atoms with Gasteiger partial charge in [0.15, 0.2) is 0 Å². The van der Waals surface area contributed by atoms with Crippen molar-refractivity contribution in [3.63, 3.8) is 0 Å². The Morgan fingerprint density at radius 2 is 1.81 bits per heavy atom. The first-order valence-corrected chi connectivity index (χ1v) is 7.38. The minimum atomic E-state index is 1.23. The topological polar surface area (TPSA) is 0 Å². The first-order valence-electron chi connectivity index (χ1n) is 5.86. The van der Waals surface area contributed by atoms with Gasteiger partial charge in [0.2, 0.25) is 0 Å². The molecule has 0 amide bonds. The van der Waals surface area contributed by atoms with Gasteiger partial charge in [0.05, 0.1) is 20.1 Å². The van der Waals surface area contributed by atoms with Crippen LogP contribution in [0.3, 0.4) is 0 Å². The highest BCUT2D eigenvalue weighted by atomic mass is 127. The number of hydrogen-bond acceptors (Lipinski definition) is 0. The summed E-state index contributed by atoms with van der Waals surface area (Å²) < 4.78 is 2.46. The van der Waals surface area contributed by atoms with Crippen molar-refractivity contribution in [1.82, 2.24) is 0 Å². The molecule has 0 N–H and O–H groups in total. The average Bonchev–Trinajstić information content (AvgIpc) is 2.34. The van der Waals surface area contributed by atoms with Gasteiger partial charge >= 0.3 is 0 Å². The fourth-order valence-corrected chi connectivity index (χ4v) is 2.79. The van der Waals surface area contributed by atoms with Crippen LogP contribution in [0, 0.1) is 0 Å². The van der Waals surface area contributed by atoms with Crippen molar-refractivity contribution < 1.29 is 4.48 Å². The molecule has 0 radical (unpaired) electrons. The van der Waals surface area contributed by atoms with E-state index in [2.05, 4.69) is 66.0 Å². The smallest absolute Gasteiger partial charge is 0.129 e.